The maximum atomic E-state index is 5.50. The molecule has 118 valence electrons. The van der Waals surface area contributed by atoms with Gasteiger partial charge in [0.2, 0.25) is 5.88 Å². The van der Waals surface area contributed by atoms with Crippen molar-refractivity contribution in [3.63, 3.8) is 0 Å². The van der Waals surface area contributed by atoms with Crippen molar-refractivity contribution in [3.05, 3.63) is 54.3 Å². The Morgan fingerprint density at radius 3 is 3.00 bits per heavy atom. The van der Waals surface area contributed by atoms with Crippen LogP contribution in [0, 0.1) is 0 Å². The summed E-state index contributed by atoms with van der Waals surface area (Å²) in [6.07, 6.45) is 5.34. The normalized spacial score (nSPS) is 14.7. The minimum absolute atomic E-state index is 0.692. The molecular formula is C17H18N4O2. The second-order valence-corrected chi connectivity index (χ2v) is 5.57. The SMILES string of the molecule is COc1ncccc1CN1CCn2c(-c3ccco3)cnc2C1. The van der Waals surface area contributed by atoms with Crippen molar-refractivity contribution in [1.29, 1.82) is 0 Å². The summed E-state index contributed by atoms with van der Waals surface area (Å²) in [5.74, 6) is 2.62. The number of fused-ring (bicyclic) bond motifs is 1. The topological polar surface area (TPSA) is 56.3 Å². The number of furan rings is 1. The molecule has 1 aliphatic rings. The van der Waals surface area contributed by atoms with Gasteiger partial charge in [0.1, 0.15) is 11.5 Å². The Labute approximate surface area is 134 Å². The zero-order valence-electron chi connectivity index (χ0n) is 13.0. The third kappa shape index (κ3) is 2.61. The lowest BCUT2D eigenvalue weighted by Gasteiger charge is -2.28. The Balaban J connectivity index is 1.54. The van der Waals surface area contributed by atoms with Gasteiger partial charge in [-0.1, -0.05) is 6.07 Å². The second kappa shape index (κ2) is 5.89. The van der Waals surface area contributed by atoms with Crippen LogP contribution in [-0.2, 0) is 19.6 Å². The third-order valence-corrected chi connectivity index (χ3v) is 4.15. The summed E-state index contributed by atoms with van der Waals surface area (Å²) in [6, 6.07) is 7.87. The Morgan fingerprint density at radius 1 is 1.22 bits per heavy atom. The summed E-state index contributed by atoms with van der Waals surface area (Å²) in [6.45, 7) is 3.46. The molecule has 0 atom stereocenters. The number of rotatable bonds is 4. The molecule has 0 fully saturated rings. The molecule has 0 saturated heterocycles. The van der Waals surface area contributed by atoms with E-state index in [-0.39, 0.29) is 0 Å². The molecule has 0 aromatic carbocycles. The van der Waals surface area contributed by atoms with Gasteiger partial charge in [-0.2, -0.15) is 0 Å². The van der Waals surface area contributed by atoms with Crippen LogP contribution in [0.2, 0.25) is 0 Å². The van der Waals surface area contributed by atoms with E-state index in [4.69, 9.17) is 9.15 Å². The highest BCUT2D eigenvalue weighted by atomic mass is 16.5. The van der Waals surface area contributed by atoms with Gasteiger partial charge in [0.15, 0.2) is 5.76 Å². The summed E-state index contributed by atoms with van der Waals surface area (Å²) in [5, 5.41) is 0. The summed E-state index contributed by atoms with van der Waals surface area (Å²) in [4.78, 5) is 11.2. The van der Waals surface area contributed by atoms with Gasteiger partial charge in [-0.15, -0.1) is 0 Å². The fourth-order valence-electron chi connectivity index (χ4n) is 3.04. The predicted octanol–water partition coefficient (Wildman–Crippen LogP) is 2.56. The van der Waals surface area contributed by atoms with Gasteiger partial charge in [-0.05, 0) is 18.2 Å². The fourth-order valence-corrected chi connectivity index (χ4v) is 3.04. The van der Waals surface area contributed by atoms with Crippen molar-refractivity contribution in [3.8, 4) is 17.3 Å². The fraction of sp³-hybridized carbons (Fsp3) is 0.294. The third-order valence-electron chi connectivity index (χ3n) is 4.15. The number of nitrogens with zero attached hydrogens (tertiary/aromatic N) is 4. The first-order valence-corrected chi connectivity index (χ1v) is 7.63. The number of methoxy groups -OCH3 is 1. The van der Waals surface area contributed by atoms with Crippen LogP contribution in [0.15, 0.2) is 47.3 Å². The van der Waals surface area contributed by atoms with Crippen molar-refractivity contribution < 1.29 is 9.15 Å². The number of imidazole rings is 1. The molecule has 0 saturated carbocycles. The maximum absolute atomic E-state index is 5.50. The van der Waals surface area contributed by atoms with Crippen molar-refractivity contribution in [2.24, 2.45) is 0 Å². The van der Waals surface area contributed by atoms with Crippen molar-refractivity contribution in [2.45, 2.75) is 19.6 Å². The van der Waals surface area contributed by atoms with Gasteiger partial charge in [0.25, 0.3) is 0 Å². The quantitative estimate of drug-likeness (QED) is 0.741. The molecule has 4 heterocycles. The highest BCUT2D eigenvalue weighted by Crippen LogP contribution is 2.25. The molecular weight excluding hydrogens is 292 g/mol. The van der Waals surface area contributed by atoms with Crippen LogP contribution < -0.4 is 4.74 Å². The molecule has 23 heavy (non-hydrogen) atoms. The van der Waals surface area contributed by atoms with Gasteiger partial charge < -0.3 is 13.7 Å². The van der Waals surface area contributed by atoms with E-state index in [1.165, 1.54) is 0 Å². The zero-order valence-corrected chi connectivity index (χ0v) is 13.0. The van der Waals surface area contributed by atoms with E-state index in [1.807, 2.05) is 24.4 Å². The van der Waals surface area contributed by atoms with Gasteiger partial charge in [-0.25, -0.2) is 9.97 Å². The van der Waals surface area contributed by atoms with E-state index in [1.54, 1.807) is 19.6 Å². The molecule has 0 N–H and O–H groups in total. The second-order valence-electron chi connectivity index (χ2n) is 5.57. The molecule has 4 rings (SSSR count). The van der Waals surface area contributed by atoms with Crippen molar-refractivity contribution in [2.75, 3.05) is 13.7 Å². The minimum atomic E-state index is 0.692. The van der Waals surface area contributed by atoms with E-state index in [9.17, 15) is 0 Å². The van der Waals surface area contributed by atoms with Gasteiger partial charge in [0.05, 0.1) is 26.1 Å². The van der Waals surface area contributed by atoms with Crippen LogP contribution in [0.1, 0.15) is 11.4 Å². The Bertz CT molecular complexity index is 795. The van der Waals surface area contributed by atoms with Crippen LogP contribution in [0.5, 0.6) is 5.88 Å². The lowest BCUT2D eigenvalue weighted by Crippen LogP contribution is -2.33. The number of ether oxygens (including phenoxy) is 1. The Hall–Kier alpha value is -2.60. The van der Waals surface area contributed by atoms with E-state index >= 15 is 0 Å². The van der Waals surface area contributed by atoms with E-state index in [0.29, 0.717) is 5.88 Å². The number of aromatic nitrogens is 3. The first-order valence-electron chi connectivity index (χ1n) is 7.63. The molecule has 3 aromatic rings. The van der Waals surface area contributed by atoms with Crippen LogP contribution in [0.25, 0.3) is 11.5 Å². The monoisotopic (exact) mass is 310 g/mol. The van der Waals surface area contributed by atoms with Crippen LogP contribution in [0.3, 0.4) is 0 Å². The first kappa shape index (κ1) is 14.0. The first-order chi connectivity index (χ1) is 11.3. The molecule has 6 heteroatoms. The highest BCUT2D eigenvalue weighted by Gasteiger charge is 2.22. The van der Waals surface area contributed by atoms with E-state index in [0.717, 1.165) is 49.0 Å². The molecule has 0 aliphatic carbocycles. The van der Waals surface area contributed by atoms with Crippen LogP contribution in [0.4, 0.5) is 0 Å². The standard InChI is InChI=1S/C17H18N4O2/c1-22-17-13(4-2-6-18-17)11-20-7-8-21-14(10-19-16(21)12-20)15-5-3-9-23-15/h2-6,9-10H,7-8,11-12H2,1H3. The van der Waals surface area contributed by atoms with Crippen molar-refractivity contribution >= 4 is 0 Å². The minimum Gasteiger partial charge on any atom is -0.481 e. The molecule has 0 unspecified atom stereocenters. The van der Waals surface area contributed by atoms with E-state index in [2.05, 4.69) is 25.5 Å². The van der Waals surface area contributed by atoms with Crippen LogP contribution >= 0.6 is 0 Å². The summed E-state index contributed by atoms with van der Waals surface area (Å²) >= 11 is 0. The maximum Gasteiger partial charge on any atom is 0.217 e. The zero-order chi connectivity index (χ0) is 15.6. The van der Waals surface area contributed by atoms with Gasteiger partial charge in [0, 0.05) is 31.4 Å². The average Bonchev–Trinajstić information content (AvgIpc) is 3.24. The summed E-state index contributed by atoms with van der Waals surface area (Å²) < 4.78 is 13.1. The summed E-state index contributed by atoms with van der Waals surface area (Å²) in [7, 11) is 1.66. The number of hydrogen-bond acceptors (Lipinski definition) is 5. The molecule has 1 aliphatic heterocycles. The molecule has 0 spiro atoms. The lowest BCUT2D eigenvalue weighted by atomic mass is 10.2. The van der Waals surface area contributed by atoms with Crippen molar-refractivity contribution in [1.82, 2.24) is 19.4 Å². The lowest BCUT2D eigenvalue weighted by molar-refractivity contribution is 0.206. The largest absolute Gasteiger partial charge is 0.481 e. The molecule has 0 bridgehead atoms. The van der Waals surface area contributed by atoms with E-state index < -0.39 is 0 Å². The molecule has 6 nitrogen and oxygen atoms in total. The summed E-state index contributed by atoms with van der Waals surface area (Å²) in [5.41, 5.74) is 2.14. The smallest absolute Gasteiger partial charge is 0.217 e. The predicted molar refractivity (Wildman–Crippen MR) is 84.8 cm³/mol. The number of pyridine rings is 1. The average molecular weight is 310 g/mol. The highest BCUT2D eigenvalue weighted by molar-refractivity contribution is 5.52. The van der Waals surface area contributed by atoms with Crippen LogP contribution in [-0.4, -0.2) is 33.1 Å². The number of hydrogen-bond donors (Lipinski definition) is 0. The molecule has 0 amide bonds. The Kier molecular flexibility index (Phi) is 3.59. The molecule has 0 radical (unpaired) electrons. The Morgan fingerprint density at radius 2 is 2.17 bits per heavy atom. The van der Waals surface area contributed by atoms with Gasteiger partial charge >= 0.3 is 0 Å². The molecule has 3 aromatic heterocycles. The van der Waals surface area contributed by atoms with Gasteiger partial charge in [-0.3, -0.25) is 4.90 Å².